The first kappa shape index (κ1) is 20.5. The minimum atomic E-state index is 0.444. The Morgan fingerprint density at radius 3 is 0.958 bits per heavy atom. The maximum Gasteiger partial charge on any atom is -0.0117 e. The average molecular weight is 325 g/mol. The van der Waals surface area contributed by atoms with Crippen molar-refractivity contribution in [3.63, 3.8) is 0 Å². The van der Waals surface area contributed by atoms with Crippen LogP contribution in [0.5, 0.6) is 0 Å². The summed E-state index contributed by atoms with van der Waals surface area (Å²) in [6.45, 7) is 31.0. The van der Waals surface area contributed by atoms with E-state index in [1.807, 2.05) is 0 Å². The lowest BCUT2D eigenvalue weighted by molar-refractivity contribution is 0.819. The molecule has 0 unspecified atom stereocenters. The topological polar surface area (TPSA) is 0 Å². The summed E-state index contributed by atoms with van der Waals surface area (Å²) in [6, 6.07) is 0. The van der Waals surface area contributed by atoms with Crippen molar-refractivity contribution in [1.29, 1.82) is 0 Å². The molecule has 0 heteroatoms. The van der Waals surface area contributed by atoms with Gasteiger partial charge in [0.05, 0.1) is 0 Å². The summed E-state index contributed by atoms with van der Waals surface area (Å²) < 4.78 is 0. The van der Waals surface area contributed by atoms with Gasteiger partial charge in [0.15, 0.2) is 0 Å². The van der Waals surface area contributed by atoms with E-state index in [0.29, 0.717) is 11.8 Å². The fourth-order valence-electron chi connectivity index (χ4n) is 3.87. The third kappa shape index (κ3) is 3.58. The largest absolute Gasteiger partial charge is 0.0955 e. The van der Waals surface area contributed by atoms with E-state index in [1.165, 1.54) is 43.8 Å². The van der Waals surface area contributed by atoms with E-state index < -0.39 is 0 Å². The van der Waals surface area contributed by atoms with Gasteiger partial charge < -0.3 is 0 Å². The van der Waals surface area contributed by atoms with Gasteiger partial charge in [-0.3, -0.25) is 0 Å². The fraction of sp³-hybridized carbons (Fsp3) is 0.500. The van der Waals surface area contributed by atoms with Crippen molar-refractivity contribution in [2.45, 2.75) is 81.1 Å². The highest BCUT2D eigenvalue weighted by atomic mass is 14.3. The standard InChI is InChI=1S/C24H36/c1-13(2)19-20(14(3)4)22(16(7)8)24(18(11)12)23(17(9)10)21(19)15(5)6/h14,17H,1,11H2,2-10,12H3. The van der Waals surface area contributed by atoms with Crippen molar-refractivity contribution in [3.05, 3.63) is 45.8 Å². The van der Waals surface area contributed by atoms with E-state index in [1.54, 1.807) is 0 Å². The fourth-order valence-corrected chi connectivity index (χ4v) is 3.87. The normalized spacial score (nSPS) is 11.2. The predicted octanol–water partition coefficient (Wildman–Crippen LogP) is 6.38. The molecule has 132 valence electrons. The molecule has 0 bridgehead atoms. The molecule has 0 amide bonds. The van der Waals surface area contributed by atoms with Crippen molar-refractivity contribution in [3.8, 4) is 0 Å². The van der Waals surface area contributed by atoms with Crippen LogP contribution in [0, 0.1) is 0 Å². The first-order valence-electron chi connectivity index (χ1n) is 9.09. The summed E-state index contributed by atoms with van der Waals surface area (Å²) >= 11 is 0. The van der Waals surface area contributed by atoms with Gasteiger partial charge in [0, 0.05) is 0 Å². The lowest BCUT2D eigenvalue weighted by Gasteiger charge is -2.26. The van der Waals surface area contributed by atoms with Gasteiger partial charge in [-0.25, -0.2) is 0 Å². The molecule has 0 nitrogen and oxygen atoms in total. The number of allylic oxidation sites excluding steroid dienone is 2. The van der Waals surface area contributed by atoms with E-state index in [-0.39, 0.29) is 0 Å². The molecule has 1 aromatic rings. The molecular formula is C24H36. The Labute approximate surface area is 149 Å². The van der Waals surface area contributed by atoms with Crippen molar-refractivity contribution < 1.29 is 0 Å². The molecule has 24 heavy (non-hydrogen) atoms. The Balaban J connectivity index is 4.65. The smallest absolute Gasteiger partial charge is 0.0117 e. The second-order valence-electron chi connectivity index (χ2n) is 8.20. The molecular weight excluding hydrogens is 288 g/mol. The third-order valence-electron chi connectivity index (χ3n) is 4.59. The van der Waals surface area contributed by atoms with Crippen molar-refractivity contribution in [1.82, 2.24) is 0 Å². The van der Waals surface area contributed by atoms with Crippen LogP contribution < -0.4 is 10.4 Å². The van der Waals surface area contributed by atoms with Gasteiger partial charge in [-0.15, -0.1) is 0 Å². The first-order chi connectivity index (χ1) is 10.9. The molecule has 0 aromatic heterocycles. The summed E-state index contributed by atoms with van der Waals surface area (Å²) in [5.41, 5.74) is 10.6. The zero-order valence-corrected chi connectivity index (χ0v) is 17.6. The maximum absolute atomic E-state index is 4.34. The van der Waals surface area contributed by atoms with Crippen LogP contribution in [0.3, 0.4) is 0 Å². The van der Waals surface area contributed by atoms with E-state index >= 15 is 0 Å². The van der Waals surface area contributed by atoms with E-state index in [4.69, 9.17) is 0 Å². The van der Waals surface area contributed by atoms with Crippen LogP contribution in [0.4, 0.5) is 0 Å². The molecule has 0 radical (unpaired) electrons. The lowest BCUT2D eigenvalue weighted by atomic mass is 9.78. The number of benzene rings is 1. The van der Waals surface area contributed by atoms with Crippen LogP contribution in [0.2, 0.25) is 0 Å². The van der Waals surface area contributed by atoms with Crippen molar-refractivity contribution in [2.75, 3.05) is 0 Å². The van der Waals surface area contributed by atoms with E-state index in [2.05, 4.69) is 82.4 Å². The summed E-state index contributed by atoms with van der Waals surface area (Å²) in [5.74, 6) is 0.887. The molecule has 0 fully saturated rings. The summed E-state index contributed by atoms with van der Waals surface area (Å²) in [5, 5.41) is 2.79. The predicted molar refractivity (Wildman–Crippen MR) is 113 cm³/mol. The minimum absolute atomic E-state index is 0.444. The average Bonchev–Trinajstić information content (AvgIpc) is 2.42. The number of hydrogen-bond acceptors (Lipinski definition) is 0. The van der Waals surface area contributed by atoms with Gasteiger partial charge in [-0.1, -0.05) is 63.1 Å². The molecule has 0 saturated heterocycles. The zero-order valence-electron chi connectivity index (χ0n) is 17.6. The highest BCUT2D eigenvalue weighted by Gasteiger charge is 2.22. The number of rotatable bonds is 4. The highest BCUT2D eigenvalue weighted by molar-refractivity contribution is 5.78. The van der Waals surface area contributed by atoms with Crippen LogP contribution in [-0.4, -0.2) is 0 Å². The summed E-state index contributed by atoms with van der Waals surface area (Å²) in [7, 11) is 0. The monoisotopic (exact) mass is 324 g/mol. The van der Waals surface area contributed by atoms with Gasteiger partial charge in [-0.05, 0) is 86.1 Å². The SMILES string of the molecule is C=C(C)c1c(C(C)C)c(=C(C)C)c(C(=C)C)c(C(C)C)c1=C(C)C. The quantitative estimate of drug-likeness (QED) is 0.602. The second kappa shape index (κ2) is 7.55. The summed E-state index contributed by atoms with van der Waals surface area (Å²) in [4.78, 5) is 0. The maximum atomic E-state index is 4.34. The zero-order chi connectivity index (χ0) is 18.9. The van der Waals surface area contributed by atoms with Gasteiger partial charge in [0.25, 0.3) is 0 Å². The van der Waals surface area contributed by atoms with Gasteiger partial charge >= 0.3 is 0 Å². The molecule has 0 aliphatic rings. The molecule has 0 spiro atoms. The Morgan fingerprint density at radius 2 is 0.833 bits per heavy atom. The van der Waals surface area contributed by atoms with Crippen LogP contribution >= 0.6 is 0 Å². The lowest BCUT2D eigenvalue weighted by Crippen LogP contribution is -2.32. The molecule has 0 atom stereocenters. The minimum Gasteiger partial charge on any atom is -0.0955 e. The highest BCUT2D eigenvalue weighted by Crippen LogP contribution is 2.28. The Morgan fingerprint density at radius 1 is 0.583 bits per heavy atom. The van der Waals surface area contributed by atoms with Crippen molar-refractivity contribution in [2.24, 2.45) is 0 Å². The second-order valence-corrected chi connectivity index (χ2v) is 8.20. The Kier molecular flexibility index (Phi) is 6.45. The molecule has 0 aliphatic carbocycles. The van der Waals surface area contributed by atoms with Crippen LogP contribution in [0.25, 0.3) is 22.3 Å². The molecule has 1 aromatic carbocycles. The molecule has 0 saturated carbocycles. The molecule has 0 heterocycles. The summed E-state index contributed by atoms with van der Waals surface area (Å²) in [6.07, 6.45) is 0. The third-order valence-corrected chi connectivity index (χ3v) is 4.59. The van der Waals surface area contributed by atoms with Crippen LogP contribution in [0.1, 0.15) is 103 Å². The van der Waals surface area contributed by atoms with Crippen LogP contribution in [-0.2, 0) is 0 Å². The van der Waals surface area contributed by atoms with Gasteiger partial charge in [-0.2, -0.15) is 0 Å². The molecule has 0 aliphatic heterocycles. The Hall–Kier alpha value is -1.56. The molecule has 1 rings (SSSR count). The van der Waals surface area contributed by atoms with Gasteiger partial charge in [0.2, 0.25) is 0 Å². The van der Waals surface area contributed by atoms with Gasteiger partial charge in [0.1, 0.15) is 0 Å². The van der Waals surface area contributed by atoms with E-state index in [0.717, 1.165) is 11.1 Å². The van der Waals surface area contributed by atoms with E-state index in [9.17, 15) is 0 Å². The Bertz CT molecular complexity index is 718. The molecule has 0 N–H and O–H groups in total. The van der Waals surface area contributed by atoms with Crippen LogP contribution in [0.15, 0.2) is 13.2 Å². The first-order valence-corrected chi connectivity index (χ1v) is 9.09. The van der Waals surface area contributed by atoms with Crippen molar-refractivity contribution >= 4 is 22.3 Å². The number of hydrogen-bond donors (Lipinski definition) is 0.